The number of nitrogens with zero attached hydrogens (tertiary/aromatic N) is 2. The van der Waals surface area contributed by atoms with Gasteiger partial charge in [0.15, 0.2) is 0 Å². The summed E-state index contributed by atoms with van der Waals surface area (Å²) in [6, 6.07) is 3.78. The maximum atomic E-state index is 5.63. The molecule has 1 saturated heterocycles. The van der Waals surface area contributed by atoms with Crippen molar-refractivity contribution in [2.75, 3.05) is 25.1 Å². The molecule has 1 aliphatic rings. The van der Waals surface area contributed by atoms with Crippen LogP contribution >= 0.6 is 12.2 Å². The number of thiocarbonyl (C=S) groups is 1. The van der Waals surface area contributed by atoms with E-state index in [1.165, 1.54) is 0 Å². The minimum Gasteiger partial charge on any atom is -0.389 e. The second-order valence-corrected chi connectivity index (χ2v) is 4.65. The predicted octanol–water partition coefficient (Wildman–Crippen LogP) is 1.33. The zero-order chi connectivity index (χ0) is 12.3. The first-order valence-corrected chi connectivity index (χ1v) is 6.15. The molecule has 2 heterocycles. The van der Waals surface area contributed by atoms with Crippen LogP contribution in [-0.4, -0.2) is 36.3 Å². The number of nitrogens with two attached hydrogens (primary N) is 1. The summed E-state index contributed by atoms with van der Waals surface area (Å²) in [4.78, 5) is 7.00. The summed E-state index contributed by atoms with van der Waals surface area (Å²) in [7, 11) is 1.76. The van der Waals surface area contributed by atoms with Crippen molar-refractivity contribution in [1.82, 2.24) is 4.98 Å². The monoisotopic (exact) mass is 251 g/mol. The number of hydrogen-bond acceptors (Lipinski definition) is 4. The van der Waals surface area contributed by atoms with Crippen molar-refractivity contribution in [2.45, 2.75) is 18.9 Å². The van der Waals surface area contributed by atoms with Crippen molar-refractivity contribution < 1.29 is 4.74 Å². The van der Waals surface area contributed by atoms with Crippen LogP contribution < -0.4 is 10.6 Å². The lowest BCUT2D eigenvalue weighted by molar-refractivity contribution is 0.0891. The summed E-state index contributed by atoms with van der Waals surface area (Å²) < 4.78 is 5.40. The van der Waals surface area contributed by atoms with Crippen LogP contribution in [0.3, 0.4) is 0 Å². The van der Waals surface area contributed by atoms with E-state index in [2.05, 4.69) is 9.88 Å². The number of rotatable bonds is 3. The molecule has 17 heavy (non-hydrogen) atoms. The molecule has 0 aliphatic carbocycles. The minimum atomic E-state index is 0.291. The molecule has 2 N–H and O–H groups in total. The molecule has 0 amide bonds. The van der Waals surface area contributed by atoms with Crippen LogP contribution in [0.25, 0.3) is 0 Å². The number of methoxy groups -OCH3 is 1. The van der Waals surface area contributed by atoms with E-state index in [0.717, 1.165) is 37.3 Å². The van der Waals surface area contributed by atoms with E-state index in [1.807, 2.05) is 12.1 Å². The van der Waals surface area contributed by atoms with E-state index in [0.29, 0.717) is 11.1 Å². The number of aromatic nitrogens is 1. The van der Waals surface area contributed by atoms with E-state index in [1.54, 1.807) is 13.3 Å². The van der Waals surface area contributed by atoms with Gasteiger partial charge in [-0.25, -0.2) is 4.98 Å². The highest BCUT2D eigenvalue weighted by atomic mass is 32.1. The summed E-state index contributed by atoms with van der Waals surface area (Å²) in [5.41, 5.74) is 6.49. The van der Waals surface area contributed by atoms with Crippen molar-refractivity contribution in [3.8, 4) is 0 Å². The average Bonchev–Trinajstić information content (AvgIpc) is 2.39. The molecule has 0 saturated carbocycles. The molecule has 0 bridgehead atoms. The van der Waals surface area contributed by atoms with Crippen molar-refractivity contribution in [1.29, 1.82) is 0 Å². The molecule has 2 rings (SSSR count). The van der Waals surface area contributed by atoms with Gasteiger partial charge in [-0.2, -0.15) is 0 Å². The Morgan fingerprint density at radius 3 is 3.18 bits per heavy atom. The van der Waals surface area contributed by atoms with Gasteiger partial charge in [0.25, 0.3) is 0 Å². The van der Waals surface area contributed by atoms with E-state index < -0.39 is 0 Å². The molecule has 1 unspecified atom stereocenters. The Balaban J connectivity index is 2.16. The van der Waals surface area contributed by atoms with Crippen LogP contribution in [0.4, 0.5) is 5.82 Å². The topological polar surface area (TPSA) is 51.4 Å². The summed E-state index contributed by atoms with van der Waals surface area (Å²) in [5.74, 6) is 0.928. The Bertz CT molecular complexity index is 410. The zero-order valence-electron chi connectivity index (χ0n) is 9.93. The molecular formula is C12H17N3OS. The van der Waals surface area contributed by atoms with Crippen LogP contribution in [0.2, 0.25) is 0 Å². The number of pyridine rings is 1. The Hall–Kier alpha value is -1.20. The first kappa shape index (κ1) is 12.3. The van der Waals surface area contributed by atoms with Gasteiger partial charge in [-0.1, -0.05) is 12.2 Å². The Kier molecular flexibility index (Phi) is 3.91. The Labute approximate surface area is 107 Å². The fourth-order valence-corrected chi connectivity index (χ4v) is 2.21. The highest BCUT2D eigenvalue weighted by molar-refractivity contribution is 7.80. The summed E-state index contributed by atoms with van der Waals surface area (Å²) in [6.45, 7) is 1.89. The smallest absolute Gasteiger partial charge is 0.129 e. The lowest BCUT2D eigenvalue weighted by Gasteiger charge is -2.32. The third kappa shape index (κ3) is 2.92. The third-order valence-electron chi connectivity index (χ3n) is 3.07. The minimum absolute atomic E-state index is 0.291. The summed E-state index contributed by atoms with van der Waals surface area (Å²) >= 11 is 4.98. The van der Waals surface area contributed by atoms with E-state index >= 15 is 0 Å². The SMILES string of the molecule is COC1CCCN(c2cc(C(N)=S)ccn2)C1. The zero-order valence-corrected chi connectivity index (χ0v) is 10.7. The molecule has 1 atom stereocenters. The molecule has 1 aromatic rings. The molecule has 0 spiro atoms. The lowest BCUT2D eigenvalue weighted by Crippen LogP contribution is -2.39. The maximum absolute atomic E-state index is 5.63. The third-order valence-corrected chi connectivity index (χ3v) is 3.30. The van der Waals surface area contributed by atoms with Crippen molar-refractivity contribution in [3.05, 3.63) is 23.9 Å². The van der Waals surface area contributed by atoms with Crippen molar-refractivity contribution >= 4 is 23.0 Å². The van der Waals surface area contributed by atoms with Crippen LogP contribution in [0, 0.1) is 0 Å². The van der Waals surface area contributed by atoms with Crippen LogP contribution in [0.1, 0.15) is 18.4 Å². The molecular weight excluding hydrogens is 234 g/mol. The predicted molar refractivity (Wildman–Crippen MR) is 72.4 cm³/mol. The number of anilines is 1. The number of piperidine rings is 1. The molecule has 4 nitrogen and oxygen atoms in total. The van der Waals surface area contributed by atoms with Gasteiger partial charge < -0.3 is 15.4 Å². The maximum Gasteiger partial charge on any atom is 0.129 e. The fraction of sp³-hybridized carbons (Fsp3) is 0.500. The van der Waals surface area contributed by atoms with Gasteiger partial charge in [0.05, 0.1) is 6.10 Å². The normalized spacial score (nSPS) is 20.3. The van der Waals surface area contributed by atoms with E-state index in [9.17, 15) is 0 Å². The first-order chi connectivity index (χ1) is 8.20. The average molecular weight is 251 g/mol. The van der Waals surface area contributed by atoms with Gasteiger partial charge in [0.1, 0.15) is 10.8 Å². The lowest BCUT2D eigenvalue weighted by atomic mass is 10.1. The van der Waals surface area contributed by atoms with Gasteiger partial charge in [0.2, 0.25) is 0 Å². The molecule has 0 aromatic carbocycles. The molecule has 1 fully saturated rings. The summed E-state index contributed by atoms with van der Waals surface area (Å²) in [6.07, 6.45) is 4.28. The number of hydrogen-bond donors (Lipinski definition) is 1. The number of ether oxygens (including phenoxy) is 1. The van der Waals surface area contributed by atoms with Crippen LogP contribution in [0.5, 0.6) is 0 Å². The molecule has 1 aliphatic heterocycles. The van der Waals surface area contributed by atoms with Crippen LogP contribution in [-0.2, 0) is 4.74 Å². The quantitative estimate of drug-likeness (QED) is 0.821. The largest absolute Gasteiger partial charge is 0.389 e. The van der Waals surface area contributed by atoms with Crippen molar-refractivity contribution in [2.24, 2.45) is 5.73 Å². The molecule has 92 valence electrons. The second-order valence-electron chi connectivity index (χ2n) is 4.21. The van der Waals surface area contributed by atoms with Gasteiger partial charge in [-0.15, -0.1) is 0 Å². The highest BCUT2D eigenvalue weighted by Gasteiger charge is 2.20. The highest BCUT2D eigenvalue weighted by Crippen LogP contribution is 2.19. The fourth-order valence-electron chi connectivity index (χ4n) is 2.08. The summed E-state index contributed by atoms with van der Waals surface area (Å²) in [5, 5.41) is 0. The van der Waals surface area contributed by atoms with E-state index in [-0.39, 0.29) is 0 Å². The Morgan fingerprint density at radius 2 is 2.47 bits per heavy atom. The molecule has 1 aromatic heterocycles. The van der Waals surface area contributed by atoms with Gasteiger partial charge in [-0.3, -0.25) is 0 Å². The van der Waals surface area contributed by atoms with Crippen LogP contribution in [0.15, 0.2) is 18.3 Å². The van der Waals surface area contributed by atoms with Gasteiger partial charge in [-0.05, 0) is 25.0 Å². The molecule has 5 heteroatoms. The van der Waals surface area contributed by atoms with E-state index in [4.69, 9.17) is 22.7 Å². The standard InChI is InChI=1S/C12H17N3OS/c1-16-10-3-2-6-15(8-10)11-7-9(12(13)17)4-5-14-11/h4-5,7,10H,2-3,6,8H2,1H3,(H2,13,17). The first-order valence-electron chi connectivity index (χ1n) is 5.74. The van der Waals surface area contributed by atoms with Gasteiger partial charge >= 0.3 is 0 Å². The van der Waals surface area contributed by atoms with Crippen molar-refractivity contribution in [3.63, 3.8) is 0 Å². The second kappa shape index (κ2) is 5.42. The van der Waals surface area contributed by atoms with Gasteiger partial charge in [0, 0.05) is 32.0 Å². The Morgan fingerprint density at radius 1 is 1.65 bits per heavy atom. The molecule has 0 radical (unpaired) electrons.